The monoisotopic (exact) mass is 561 g/mol. The zero-order chi connectivity index (χ0) is 23.4. The van der Waals surface area contributed by atoms with Crippen molar-refractivity contribution < 1.29 is 24.0 Å². The predicted molar refractivity (Wildman–Crippen MR) is 118 cm³/mol. The first kappa shape index (κ1) is 24.9. The lowest BCUT2D eigenvalue weighted by Crippen LogP contribution is -2.27. The van der Waals surface area contributed by atoms with Crippen LogP contribution in [0.3, 0.4) is 0 Å². The minimum absolute atomic E-state index is 0.0268. The van der Waals surface area contributed by atoms with Gasteiger partial charge in [-0.1, -0.05) is 49.2 Å². The van der Waals surface area contributed by atoms with Crippen LogP contribution in [-0.2, 0) is 38.8 Å². The number of nitro benzene ring substituents is 1. The molecule has 12 heteroatoms. The molecule has 2 rings (SSSR count). The SMILES string of the molecule is CC(C)(Br)C(=O)OCc1nn[15n](Cc2ccc([N+](=O)[O-])cc2)c1COC(=O)C(C)(C)Br. The smallest absolute Gasteiger partial charge is 0.322 e. The van der Waals surface area contributed by atoms with Crippen molar-refractivity contribution in [2.45, 2.75) is 56.1 Å². The largest absolute Gasteiger partial charge is 0.458 e. The molecule has 0 bridgehead atoms. The van der Waals surface area contributed by atoms with Crippen molar-refractivity contribution in [3.63, 3.8) is 0 Å². The maximum absolute atomic E-state index is 12.2. The van der Waals surface area contributed by atoms with E-state index in [4.69, 9.17) is 9.47 Å². The highest BCUT2D eigenvalue weighted by atomic mass is 79.9. The molecule has 0 aliphatic heterocycles. The summed E-state index contributed by atoms with van der Waals surface area (Å²) in [5.74, 6) is -0.970. The maximum atomic E-state index is 12.2. The zero-order valence-corrected chi connectivity index (χ0v) is 20.6. The van der Waals surface area contributed by atoms with E-state index in [-0.39, 0.29) is 25.4 Å². The van der Waals surface area contributed by atoms with Gasteiger partial charge in [0.25, 0.3) is 5.69 Å². The van der Waals surface area contributed by atoms with E-state index >= 15 is 0 Å². The van der Waals surface area contributed by atoms with Gasteiger partial charge in [-0.15, -0.1) is 5.10 Å². The number of non-ortho nitro benzene ring substituents is 1. The Balaban J connectivity index is 2.25. The molecule has 0 aliphatic rings. The minimum Gasteiger partial charge on any atom is -0.458 e. The van der Waals surface area contributed by atoms with Gasteiger partial charge in [-0.05, 0) is 33.3 Å². The van der Waals surface area contributed by atoms with Crippen molar-refractivity contribution in [3.8, 4) is 0 Å². The molecule has 0 radical (unpaired) electrons. The third kappa shape index (κ3) is 7.10. The van der Waals surface area contributed by atoms with E-state index in [1.54, 1.807) is 39.8 Å². The molecule has 0 aliphatic carbocycles. The summed E-state index contributed by atoms with van der Waals surface area (Å²) < 4.78 is 10.4. The normalized spacial score (nSPS) is 11.8. The molecular formula is C19H22Br2N4O6. The van der Waals surface area contributed by atoms with Crippen LogP contribution in [0.2, 0.25) is 0 Å². The van der Waals surface area contributed by atoms with Crippen LogP contribution in [0.5, 0.6) is 0 Å². The van der Waals surface area contributed by atoms with E-state index in [1.807, 2.05) is 0 Å². The van der Waals surface area contributed by atoms with E-state index < -0.39 is 25.5 Å². The topological polar surface area (TPSA) is 126 Å². The fraction of sp³-hybridized carbons (Fsp3) is 0.474. The van der Waals surface area contributed by atoms with Gasteiger partial charge < -0.3 is 9.47 Å². The molecule has 1 aromatic heterocycles. The van der Waals surface area contributed by atoms with Crippen LogP contribution >= 0.6 is 31.9 Å². The van der Waals surface area contributed by atoms with Crippen molar-refractivity contribution in [2.24, 2.45) is 0 Å². The average Bonchev–Trinajstić information content (AvgIpc) is 3.04. The fourth-order valence-corrected chi connectivity index (χ4v) is 2.50. The molecule has 168 valence electrons. The van der Waals surface area contributed by atoms with Crippen LogP contribution in [0.15, 0.2) is 24.3 Å². The first-order chi connectivity index (χ1) is 14.3. The number of carbonyl (C=O) groups excluding carboxylic acids is 2. The molecule has 0 unspecified atom stereocenters. The van der Waals surface area contributed by atoms with Crippen molar-refractivity contribution in [2.75, 3.05) is 0 Å². The zero-order valence-electron chi connectivity index (χ0n) is 17.4. The van der Waals surface area contributed by atoms with E-state index in [2.05, 4.69) is 42.2 Å². The second kappa shape index (κ2) is 9.86. The lowest BCUT2D eigenvalue weighted by molar-refractivity contribution is -0.384. The van der Waals surface area contributed by atoms with Gasteiger partial charge in [0, 0.05) is 12.1 Å². The molecule has 31 heavy (non-hydrogen) atoms. The summed E-state index contributed by atoms with van der Waals surface area (Å²) in [5, 5.41) is 19.0. The summed E-state index contributed by atoms with van der Waals surface area (Å²) in [4.78, 5) is 34.6. The number of hydrogen-bond acceptors (Lipinski definition) is 8. The number of halogens is 2. The summed E-state index contributed by atoms with van der Waals surface area (Å²) in [6.45, 7) is 6.55. The van der Waals surface area contributed by atoms with Crippen molar-refractivity contribution in [1.29, 1.82) is 0 Å². The summed E-state index contributed by atoms with van der Waals surface area (Å²) >= 11 is 6.48. The fourth-order valence-electron chi connectivity index (χ4n) is 2.27. The van der Waals surface area contributed by atoms with E-state index in [0.29, 0.717) is 11.4 Å². The molecule has 0 saturated carbocycles. The number of rotatable bonds is 9. The van der Waals surface area contributed by atoms with Crippen molar-refractivity contribution >= 4 is 49.5 Å². The van der Waals surface area contributed by atoms with Crippen LogP contribution < -0.4 is 0 Å². The number of benzene rings is 1. The lowest BCUT2D eigenvalue weighted by atomic mass is 10.2. The van der Waals surface area contributed by atoms with Crippen LogP contribution in [0, 0.1) is 10.1 Å². The summed E-state index contributed by atoms with van der Waals surface area (Å²) in [7, 11) is 0. The number of alkyl halides is 2. The van der Waals surface area contributed by atoms with Crippen LogP contribution in [0.25, 0.3) is 0 Å². The Bertz CT molecular complexity index is 961. The van der Waals surface area contributed by atoms with E-state index in [1.165, 1.54) is 16.8 Å². The van der Waals surface area contributed by atoms with Gasteiger partial charge in [0.05, 0.1) is 11.5 Å². The number of hydrogen-bond donors (Lipinski definition) is 0. The first-order valence-electron chi connectivity index (χ1n) is 9.16. The first-order valence-corrected chi connectivity index (χ1v) is 10.7. The van der Waals surface area contributed by atoms with Gasteiger partial charge >= 0.3 is 11.9 Å². The van der Waals surface area contributed by atoms with E-state index in [0.717, 1.165) is 5.56 Å². The maximum Gasteiger partial charge on any atom is 0.322 e. The number of nitrogens with zero attached hydrogens (tertiary/aromatic N) is 4. The minimum atomic E-state index is -0.879. The Morgan fingerprint density at radius 3 is 2.03 bits per heavy atom. The van der Waals surface area contributed by atoms with Gasteiger partial charge in [-0.2, -0.15) is 0 Å². The van der Waals surface area contributed by atoms with Gasteiger partial charge in [0.1, 0.15) is 33.3 Å². The lowest BCUT2D eigenvalue weighted by Gasteiger charge is -2.16. The highest BCUT2D eigenvalue weighted by molar-refractivity contribution is 9.10. The van der Waals surface area contributed by atoms with E-state index in [9.17, 15) is 19.7 Å². The average molecular weight is 563 g/mol. The molecule has 10 nitrogen and oxygen atoms in total. The second-order valence-corrected chi connectivity index (χ2v) is 11.6. The molecule has 0 spiro atoms. The third-order valence-electron chi connectivity index (χ3n) is 4.05. The highest BCUT2D eigenvalue weighted by Gasteiger charge is 2.28. The number of ether oxygens (including phenoxy) is 2. The Labute approximate surface area is 195 Å². The number of nitro groups is 1. The standard InChI is InChI=1S/C19H22Br2N4O6/c1-18(2,20)16(26)30-10-14-15(11-31-17(27)19(3,4)21)24(23-22-14)9-12-5-7-13(8-6-12)25(28)29/h5-8H,9-11H2,1-4H3/i24+1. The summed E-state index contributed by atoms with van der Waals surface area (Å²) in [6.07, 6.45) is 0. The van der Waals surface area contributed by atoms with Gasteiger partial charge in [0.15, 0.2) is 0 Å². The molecule has 0 saturated heterocycles. The van der Waals surface area contributed by atoms with Crippen LogP contribution in [-0.4, -0.2) is 40.5 Å². The molecule has 0 N–H and O–H groups in total. The number of carbonyl (C=O) groups is 2. The summed E-state index contributed by atoms with van der Waals surface area (Å²) in [5.41, 5.74) is 1.49. The quantitative estimate of drug-likeness (QED) is 0.196. The molecule has 1 heterocycles. The summed E-state index contributed by atoms with van der Waals surface area (Å²) in [6, 6.07) is 5.98. The predicted octanol–water partition coefficient (Wildman–Crippen LogP) is 3.67. The molecule has 2 aromatic rings. The Hall–Kier alpha value is -2.34. The molecule has 0 fully saturated rings. The van der Waals surface area contributed by atoms with Crippen LogP contribution in [0.4, 0.5) is 5.69 Å². The highest BCUT2D eigenvalue weighted by Crippen LogP contribution is 2.22. The van der Waals surface area contributed by atoms with Gasteiger partial charge in [-0.25, -0.2) is 4.68 Å². The Morgan fingerprint density at radius 2 is 1.55 bits per heavy atom. The molecule has 0 atom stereocenters. The Kier molecular flexibility index (Phi) is 7.93. The molecule has 1 aromatic carbocycles. The molecular weight excluding hydrogens is 541 g/mol. The van der Waals surface area contributed by atoms with Crippen LogP contribution in [0.1, 0.15) is 44.6 Å². The number of esters is 2. The third-order valence-corrected chi connectivity index (χ3v) is 4.70. The second-order valence-electron chi connectivity index (χ2n) is 7.66. The van der Waals surface area contributed by atoms with Crippen molar-refractivity contribution in [3.05, 3.63) is 51.3 Å². The van der Waals surface area contributed by atoms with Gasteiger partial charge in [0.2, 0.25) is 0 Å². The van der Waals surface area contributed by atoms with Gasteiger partial charge in [-0.3, -0.25) is 19.7 Å². The molecule has 0 amide bonds. The van der Waals surface area contributed by atoms with Crippen molar-refractivity contribution in [1.82, 2.24) is 15.0 Å². The number of aromatic nitrogens is 3. The Morgan fingerprint density at radius 1 is 1.03 bits per heavy atom.